The van der Waals surface area contributed by atoms with Gasteiger partial charge in [-0.25, -0.2) is 17.9 Å². The second-order valence-electron chi connectivity index (χ2n) is 5.52. The standard InChI is InChI=1S/C15H17N3O4S2/c1-18(2)12(14-4-3-7-23-14)9-16-24(20,21)10-5-6-11-13(8-10)22-15(19)17-11/h3-8,12,16H,9H2,1-2H3,(H,17,19). The number of hydrogen-bond donors (Lipinski definition) is 2. The van der Waals surface area contributed by atoms with Crippen LogP contribution in [-0.2, 0) is 10.0 Å². The fraction of sp³-hybridized carbons (Fsp3) is 0.267. The van der Waals surface area contributed by atoms with E-state index in [-0.39, 0.29) is 23.1 Å². The Morgan fingerprint density at radius 2 is 2.12 bits per heavy atom. The van der Waals surface area contributed by atoms with Gasteiger partial charge in [0.05, 0.1) is 16.5 Å². The number of likely N-dealkylation sites (N-methyl/N-ethyl adjacent to an activating group) is 1. The first-order valence-corrected chi connectivity index (χ1v) is 9.55. The van der Waals surface area contributed by atoms with Crippen LogP contribution >= 0.6 is 11.3 Å². The topological polar surface area (TPSA) is 95.4 Å². The molecule has 0 radical (unpaired) electrons. The summed E-state index contributed by atoms with van der Waals surface area (Å²) >= 11 is 1.58. The monoisotopic (exact) mass is 367 g/mol. The van der Waals surface area contributed by atoms with E-state index in [1.165, 1.54) is 18.2 Å². The van der Waals surface area contributed by atoms with E-state index in [9.17, 15) is 13.2 Å². The number of aromatic nitrogens is 1. The summed E-state index contributed by atoms with van der Waals surface area (Å²) in [6.07, 6.45) is 0. The molecule has 2 N–H and O–H groups in total. The van der Waals surface area contributed by atoms with Gasteiger partial charge in [-0.3, -0.25) is 4.98 Å². The lowest BCUT2D eigenvalue weighted by molar-refractivity contribution is 0.303. The average Bonchev–Trinajstić information content (AvgIpc) is 3.14. The Kier molecular flexibility index (Phi) is 4.59. The Hall–Kier alpha value is -1.94. The van der Waals surface area contributed by atoms with Crippen molar-refractivity contribution in [2.24, 2.45) is 0 Å². The van der Waals surface area contributed by atoms with Crippen molar-refractivity contribution >= 4 is 32.5 Å². The predicted molar refractivity (Wildman–Crippen MR) is 92.8 cm³/mol. The fourth-order valence-corrected chi connectivity index (χ4v) is 4.36. The van der Waals surface area contributed by atoms with Crippen molar-refractivity contribution in [3.8, 4) is 0 Å². The molecule has 1 unspecified atom stereocenters. The molecule has 24 heavy (non-hydrogen) atoms. The highest BCUT2D eigenvalue weighted by molar-refractivity contribution is 7.89. The minimum atomic E-state index is -3.71. The maximum atomic E-state index is 12.5. The maximum Gasteiger partial charge on any atom is 0.417 e. The lowest BCUT2D eigenvalue weighted by atomic mass is 10.2. The molecular weight excluding hydrogens is 350 g/mol. The normalized spacial score (nSPS) is 13.6. The number of fused-ring (bicyclic) bond motifs is 1. The van der Waals surface area contributed by atoms with Crippen LogP contribution in [0.3, 0.4) is 0 Å². The number of aromatic amines is 1. The van der Waals surface area contributed by atoms with Crippen molar-refractivity contribution in [2.45, 2.75) is 10.9 Å². The van der Waals surface area contributed by atoms with Crippen LogP contribution in [0.4, 0.5) is 0 Å². The minimum Gasteiger partial charge on any atom is -0.408 e. The first-order valence-electron chi connectivity index (χ1n) is 7.19. The maximum absolute atomic E-state index is 12.5. The molecule has 3 aromatic rings. The summed E-state index contributed by atoms with van der Waals surface area (Å²) in [5.41, 5.74) is 0.675. The summed E-state index contributed by atoms with van der Waals surface area (Å²) in [5, 5.41) is 1.96. The summed E-state index contributed by atoms with van der Waals surface area (Å²) in [7, 11) is 0.0939. The molecule has 7 nitrogen and oxygen atoms in total. The van der Waals surface area contributed by atoms with Gasteiger partial charge in [-0.15, -0.1) is 11.3 Å². The largest absolute Gasteiger partial charge is 0.417 e. The molecule has 128 valence electrons. The van der Waals surface area contributed by atoms with Crippen LogP contribution in [0, 0.1) is 0 Å². The van der Waals surface area contributed by atoms with Crippen LogP contribution in [0.25, 0.3) is 11.1 Å². The third-order valence-electron chi connectivity index (χ3n) is 3.66. The Balaban J connectivity index is 1.82. The molecule has 9 heteroatoms. The van der Waals surface area contributed by atoms with E-state index in [0.29, 0.717) is 5.52 Å². The van der Waals surface area contributed by atoms with Gasteiger partial charge < -0.3 is 9.32 Å². The average molecular weight is 367 g/mol. The van der Waals surface area contributed by atoms with E-state index in [0.717, 1.165) is 4.88 Å². The molecule has 0 bridgehead atoms. The van der Waals surface area contributed by atoms with Gasteiger partial charge in [0.2, 0.25) is 10.0 Å². The Morgan fingerprint density at radius 1 is 1.33 bits per heavy atom. The van der Waals surface area contributed by atoms with Crippen molar-refractivity contribution in [3.05, 3.63) is 51.1 Å². The van der Waals surface area contributed by atoms with E-state index in [2.05, 4.69) is 9.71 Å². The number of thiophene rings is 1. The molecule has 0 amide bonds. The summed E-state index contributed by atoms with van der Waals surface area (Å²) < 4.78 is 32.6. The zero-order chi connectivity index (χ0) is 17.3. The molecule has 2 aromatic heterocycles. The van der Waals surface area contributed by atoms with Crippen LogP contribution in [0.2, 0.25) is 0 Å². The lowest BCUT2D eigenvalue weighted by Crippen LogP contribution is -2.34. The van der Waals surface area contributed by atoms with Crippen LogP contribution in [0.5, 0.6) is 0 Å². The zero-order valence-electron chi connectivity index (χ0n) is 13.1. The van der Waals surface area contributed by atoms with Gasteiger partial charge in [0.1, 0.15) is 0 Å². The highest BCUT2D eigenvalue weighted by atomic mass is 32.2. The van der Waals surface area contributed by atoms with Gasteiger partial charge in [-0.05, 0) is 37.7 Å². The van der Waals surface area contributed by atoms with Crippen molar-refractivity contribution < 1.29 is 12.8 Å². The summed E-state index contributed by atoms with van der Waals surface area (Å²) in [5.74, 6) is -0.613. The molecule has 0 aliphatic rings. The van der Waals surface area contributed by atoms with Gasteiger partial charge in [0.15, 0.2) is 5.58 Å². The summed E-state index contributed by atoms with van der Waals surface area (Å²) in [6, 6.07) is 8.14. The molecule has 0 fully saturated rings. The number of rotatable bonds is 6. The summed E-state index contributed by atoms with van der Waals surface area (Å²) in [6.45, 7) is 0.241. The predicted octanol–water partition coefficient (Wildman–Crippen LogP) is 1.76. The summed E-state index contributed by atoms with van der Waals surface area (Å²) in [4.78, 5) is 16.8. The number of H-pyrrole nitrogens is 1. The van der Waals surface area contributed by atoms with Crippen LogP contribution in [0.1, 0.15) is 10.9 Å². The zero-order valence-corrected chi connectivity index (χ0v) is 14.8. The third-order valence-corrected chi connectivity index (χ3v) is 6.06. The van der Waals surface area contributed by atoms with Gasteiger partial charge in [0.25, 0.3) is 0 Å². The smallest absolute Gasteiger partial charge is 0.408 e. The number of nitrogens with one attached hydrogen (secondary N) is 2. The molecule has 0 spiro atoms. The molecular formula is C15H17N3O4S2. The van der Waals surface area contributed by atoms with Crippen LogP contribution in [0.15, 0.2) is 49.8 Å². The second-order valence-corrected chi connectivity index (χ2v) is 8.27. The highest BCUT2D eigenvalue weighted by Crippen LogP contribution is 2.23. The molecule has 1 aromatic carbocycles. The first-order chi connectivity index (χ1) is 11.4. The number of sulfonamides is 1. The minimum absolute atomic E-state index is 0.0569. The SMILES string of the molecule is CN(C)C(CNS(=O)(=O)c1ccc2[nH]c(=O)oc2c1)c1cccs1. The van der Waals surface area contributed by atoms with Gasteiger partial charge in [0, 0.05) is 17.5 Å². The molecule has 1 atom stereocenters. The van der Waals surface area contributed by atoms with Gasteiger partial charge in [-0.2, -0.15) is 0 Å². The van der Waals surface area contributed by atoms with Crippen LogP contribution in [-0.4, -0.2) is 38.9 Å². The van der Waals surface area contributed by atoms with E-state index in [1.807, 2.05) is 36.5 Å². The quantitative estimate of drug-likeness (QED) is 0.692. The van der Waals surface area contributed by atoms with Crippen molar-refractivity contribution in [2.75, 3.05) is 20.6 Å². The third kappa shape index (κ3) is 3.44. The Bertz CT molecular complexity index is 987. The van der Waals surface area contributed by atoms with E-state index < -0.39 is 15.8 Å². The number of nitrogens with zero attached hydrogens (tertiary/aromatic N) is 1. The Labute approximate surface area is 143 Å². The van der Waals surface area contributed by atoms with Gasteiger partial charge >= 0.3 is 5.76 Å². The second kappa shape index (κ2) is 6.52. The van der Waals surface area contributed by atoms with Crippen molar-refractivity contribution in [1.29, 1.82) is 0 Å². The lowest BCUT2D eigenvalue weighted by Gasteiger charge is -2.23. The fourth-order valence-electron chi connectivity index (χ4n) is 2.38. The van der Waals surface area contributed by atoms with Crippen LogP contribution < -0.4 is 10.5 Å². The van der Waals surface area contributed by atoms with Crippen molar-refractivity contribution in [1.82, 2.24) is 14.6 Å². The number of benzene rings is 1. The number of oxazole rings is 1. The highest BCUT2D eigenvalue weighted by Gasteiger charge is 2.21. The molecule has 0 saturated carbocycles. The van der Waals surface area contributed by atoms with E-state index >= 15 is 0 Å². The molecule has 2 heterocycles. The molecule has 3 rings (SSSR count). The molecule has 0 saturated heterocycles. The van der Waals surface area contributed by atoms with E-state index in [4.69, 9.17) is 4.42 Å². The number of hydrogen-bond acceptors (Lipinski definition) is 6. The molecule has 0 aliphatic carbocycles. The van der Waals surface area contributed by atoms with Crippen molar-refractivity contribution in [3.63, 3.8) is 0 Å². The van der Waals surface area contributed by atoms with E-state index in [1.54, 1.807) is 11.3 Å². The first kappa shape index (κ1) is 16.9. The molecule has 0 aliphatic heterocycles. The Morgan fingerprint density at radius 3 is 2.79 bits per heavy atom. The van der Waals surface area contributed by atoms with Gasteiger partial charge in [-0.1, -0.05) is 6.07 Å².